The number of ether oxygens (including phenoxy) is 1. The van der Waals surface area contributed by atoms with Crippen molar-refractivity contribution in [1.82, 2.24) is 10.2 Å². The number of benzene rings is 2. The zero-order valence-corrected chi connectivity index (χ0v) is 19.8. The molecule has 0 saturated heterocycles. The molecule has 5 nitrogen and oxygen atoms in total. The summed E-state index contributed by atoms with van der Waals surface area (Å²) in [6.07, 6.45) is 0.853. The fourth-order valence-electron chi connectivity index (χ4n) is 3.12. The maximum atomic E-state index is 13.1. The lowest BCUT2D eigenvalue weighted by atomic mass is 10.1. The standard InChI is InChI=1S/C25H33ClN2O3/c1-18-9-6-7-10-20(18)17-28(19(2)24(30)27-25(3,4)5)23(29)11-8-16-31-22-14-12-21(26)13-15-22/h6-7,9-10,12-15,19H,8,11,16-17H2,1-5H3,(H,27,30)/t19-/m1/s1. The molecule has 0 spiro atoms. The molecule has 168 valence electrons. The Balaban J connectivity index is 2.03. The molecule has 31 heavy (non-hydrogen) atoms. The van der Waals surface area contributed by atoms with Crippen molar-refractivity contribution >= 4 is 23.4 Å². The van der Waals surface area contributed by atoms with E-state index in [0.717, 1.165) is 11.1 Å². The van der Waals surface area contributed by atoms with Gasteiger partial charge in [0.2, 0.25) is 11.8 Å². The first kappa shape index (κ1) is 24.7. The van der Waals surface area contributed by atoms with Gasteiger partial charge in [-0.1, -0.05) is 35.9 Å². The Bertz CT molecular complexity index is 875. The van der Waals surface area contributed by atoms with Gasteiger partial charge in [-0.2, -0.15) is 0 Å². The second kappa shape index (κ2) is 11.2. The molecule has 0 aliphatic carbocycles. The van der Waals surface area contributed by atoms with Crippen molar-refractivity contribution in [2.24, 2.45) is 0 Å². The van der Waals surface area contributed by atoms with E-state index in [-0.39, 0.29) is 17.4 Å². The fraction of sp³-hybridized carbons (Fsp3) is 0.440. The van der Waals surface area contributed by atoms with Crippen LogP contribution >= 0.6 is 11.6 Å². The van der Waals surface area contributed by atoms with Gasteiger partial charge >= 0.3 is 0 Å². The van der Waals surface area contributed by atoms with Gasteiger partial charge in [0.1, 0.15) is 11.8 Å². The highest BCUT2D eigenvalue weighted by atomic mass is 35.5. The topological polar surface area (TPSA) is 58.6 Å². The summed E-state index contributed by atoms with van der Waals surface area (Å²) in [4.78, 5) is 27.5. The molecule has 0 heterocycles. The molecule has 2 aromatic rings. The van der Waals surface area contributed by atoms with Crippen LogP contribution in [0.1, 0.15) is 51.7 Å². The Morgan fingerprint density at radius 2 is 1.74 bits per heavy atom. The zero-order chi connectivity index (χ0) is 23.0. The predicted octanol–water partition coefficient (Wildman–Crippen LogP) is 5.14. The highest BCUT2D eigenvalue weighted by Gasteiger charge is 2.28. The summed E-state index contributed by atoms with van der Waals surface area (Å²) in [6, 6.07) is 14.5. The third kappa shape index (κ3) is 8.25. The Labute approximate surface area is 190 Å². The SMILES string of the molecule is Cc1ccccc1CN(C(=O)CCCOc1ccc(Cl)cc1)[C@H](C)C(=O)NC(C)(C)C. The van der Waals surface area contributed by atoms with E-state index in [1.807, 2.05) is 52.0 Å². The molecular weight excluding hydrogens is 412 g/mol. The molecule has 1 N–H and O–H groups in total. The molecule has 0 fully saturated rings. The molecule has 1 atom stereocenters. The third-order valence-electron chi connectivity index (χ3n) is 4.88. The van der Waals surface area contributed by atoms with Crippen molar-refractivity contribution in [2.75, 3.05) is 6.61 Å². The Morgan fingerprint density at radius 1 is 1.10 bits per heavy atom. The number of amides is 2. The molecule has 0 unspecified atom stereocenters. The second-order valence-corrected chi connectivity index (χ2v) is 9.21. The van der Waals surface area contributed by atoms with E-state index in [0.29, 0.717) is 36.8 Å². The molecule has 0 aliphatic heterocycles. The average Bonchev–Trinajstić information content (AvgIpc) is 2.70. The van der Waals surface area contributed by atoms with Crippen molar-refractivity contribution in [1.29, 1.82) is 0 Å². The van der Waals surface area contributed by atoms with Crippen molar-refractivity contribution < 1.29 is 14.3 Å². The summed E-state index contributed by atoms with van der Waals surface area (Å²) < 4.78 is 5.69. The number of rotatable bonds is 9. The summed E-state index contributed by atoms with van der Waals surface area (Å²) in [6.45, 7) is 10.4. The Hall–Kier alpha value is -2.53. The number of nitrogens with one attached hydrogen (secondary N) is 1. The van der Waals surface area contributed by atoms with Crippen LogP contribution in [0.5, 0.6) is 5.75 Å². The summed E-state index contributed by atoms with van der Waals surface area (Å²) in [5, 5.41) is 3.63. The number of hydrogen-bond acceptors (Lipinski definition) is 3. The van der Waals surface area contributed by atoms with Gasteiger partial charge in [-0.3, -0.25) is 9.59 Å². The molecule has 0 saturated carbocycles. The molecular formula is C25H33ClN2O3. The van der Waals surface area contributed by atoms with Crippen LogP contribution in [0.25, 0.3) is 0 Å². The van der Waals surface area contributed by atoms with Crippen molar-refractivity contribution in [3.63, 3.8) is 0 Å². The number of carbonyl (C=O) groups excluding carboxylic acids is 2. The van der Waals surface area contributed by atoms with Gasteiger partial charge in [0, 0.05) is 23.5 Å². The Morgan fingerprint density at radius 3 is 2.35 bits per heavy atom. The van der Waals surface area contributed by atoms with Crippen LogP contribution in [-0.2, 0) is 16.1 Å². The van der Waals surface area contributed by atoms with Gasteiger partial charge in [-0.25, -0.2) is 0 Å². The van der Waals surface area contributed by atoms with E-state index in [1.54, 1.807) is 36.1 Å². The average molecular weight is 445 g/mol. The summed E-state index contributed by atoms with van der Waals surface area (Å²) >= 11 is 5.88. The number of hydrogen-bond donors (Lipinski definition) is 1. The van der Waals surface area contributed by atoms with E-state index in [4.69, 9.17) is 16.3 Å². The summed E-state index contributed by atoms with van der Waals surface area (Å²) in [7, 11) is 0. The van der Waals surface area contributed by atoms with Gasteiger partial charge in [0.05, 0.1) is 6.61 Å². The molecule has 2 rings (SSSR count). The highest BCUT2D eigenvalue weighted by Crippen LogP contribution is 2.18. The third-order valence-corrected chi connectivity index (χ3v) is 5.14. The minimum absolute atomic E-state index is 0.0699. The smallest absolute Gasteiger partial charge is 0.242 e. The van der Waals surface area contributed by atoms with Gasteiger partial charge < -0.3 is 15.0 Å². The van der Waals surface area contributed by atoms with Crippen LogP contribution < -0.4 is 10.1 Å². The molecule has 0 aromatic heterocycles. The van der Waals surface area contributed by atoms with Gasteiger partial charge in [-0.15, -0.1) is 0 Å². The maximum Gasteiger partial charge on any atom is 0.242 e. The molecule has 6 heteroatoms. The summed E-state index contributed by atoms with van der Waals surface area (Å²) in [5.41, 5.74) is 1.76. The van der Waals surface area contributed by atoms with Crippen molar-refractivity contribution in [3.05, 3.63) is 64.7 Å². The largest absolute Gasteiger partial charge is 0.494 e. The highest BCUT2D eigenvalue weighted by molar-refractivity contribution is 6.30. The molecule has 0 radical (unpaired) electrons. The first-order chi connectivity index (χ1) is 14.6. The van der Waals surface area contributed by atoms with Crippen LogP contribution in [0.15, 0.2) is 48.5 Å². The van der Waals surface area contributed by atoms with Crippen LogP contribution in [0.2, 0.25) is 5.02 Å². The second-order valence-electron chi connectivity index (χ2n) is 8.77. The quantitative estimate of drug-likeness (QED) is 0.545. The van der Waals surface area contributed by atoms with Crippen molar-refractivity contribution in [3.8, 4) is 5.75 Å². The monoisotopic (exact) mass is 444 g/mol. The fourth-order valence-corrected chi connectivity index (χ4v) is 3.24. The number of carbonyl (C=O) groups is 2. The first-order valence-electron chi connectivity index (χ1n) is 10.6. The summed E-state index contributed by atoms with van der Waals surface area (Å²) in [5.74, 6) is 0.484. The Kier molecular flexibility index (Phi) is 8.93. The number of aryl methyl sites for hydroxylation is 1. The minimum atomic E-state index is -0.580. The normalized spacial score (nSPS) is 12.2. The molecule has 0 bridgehead atoms. The first-order valence-corrected chi connectivity index (χ1v) is 11.0. The number of nitrogens with zero attached hydrogens (tertiary/aromatic N) is 1. The van der Waals surface area contributed by atoms with Crippen LogP contribution in [-0.4, -0.2) is 34.9 Å². The van der Waals surface area contributed by atoms with E-state index in [2.05, 4.69) is 5.32 Å². The maximum absolute atomic E-state index is 13.1. The van der Waals surface area contributed by atoms with Crippen molar-refractivity contribution in [2.45, 2.75) is 65.6 Å². The lowest BCUT2D eigenvalue weighted by Crippen LogP contribution is -2.52. The van der Waals surface area contributed by atoms with Gasteiger partial charge in [0.15, 0.2) is 0 Å². The van der Waals surface area contributed by atoms with Crippen LogP contribution in [0, 0.1) is 6.92 Å². The lowest BCUT2D eigenvalue weighted by Gasteiger charge is -2.32. The van der Waals surface area contributed by atoms with E-state index in [9.17, 15) is 9.59 Å². The van der Waals surface area contributed by atoms with E-state index in [1.165, 1.54) is 0 Å². The number of halogens is 1. The van der Waals surface area contributed by atoms with Gasteiger partial charge in [-0.05, 0) is 76.4 Å². The molecule has 2 aromatic carbocycles. The van der Waals surface area contributed by atoms with Crippen LogP contribution in [0.3, 0.4) is 0 Å². The van der Waals surface area contributed by atoms with E-state index < -0.39 is 6.04 Å². The zero-order valence-electron chi connectivity index (χ0n) is 19.1. The molecule has 0 aliphatic rings. The van der Waals surface area contributed by atoms with Crippen LogP contribution in [0.4, 0.5) is 0 Å². The molecule has 2 amide bonds. The van der Waals surface area contributed by atoms with Gasteiger partial charge in [0.25, 0.3) is 0 Å². The minimum Gasteiger partial charge on any atom is -0.494 e. The predicted molar refractivity (Wildman–Crippen MR) is 125 cm³/mol. The lowest BCUT2D eigenvalue weighted by molar-refractivity contribution is -0.141. The van der Waals surface area contributed by atoms with E-state index >= 15 is 0 Å².